The fraction of sp³-hybridized carbons (Fsp3) is 0.667. The Kier molecular flexibility index (Phi) is 8.11. The molecular formula is C9H15O. The Hall–Kier alpha value is -0.480. The number of terminal acetylenes is 1. The number of unbranched alkanes of at least 4 members (excludes halogenated alkanes) is 4. The van der Waals surface area contributed by atoms with Crippen LogP contribution in [0.25, 0.3) is 0 Å². The van der Waals surface area contributed by atoms with Crippen LogP contribution in [0.4, 0.5) is 0 Å². The summed E-state index contributed by atoms with van der Waals surface area (Å²) in [4.78, 5) is 0. The summed E-state index contributed by atoms with van der Waals surface area (Å²) in [6.45, 7) is 0.760. The van der Waals surface area contributed by atoms with Gasteiger partial charge in [-0.15, -0.1) is 12.3 Å². The highest BCUT2D eigenvalue weighted by Gasteiger charge is 1.87. The van der Waals surface area contributed by atoms with Crippen molar-refractivity contribution < 1.29 is 4.74 Å². The minimum absolute atomic E-state index is 0.760. The number of rotatable bonds is 6. The van der Waals surface area contributed by atoms with Crippen LogP contribution >= 0.6 is 0 Å². The third kappa shape index (κ3) is 7.52. The van der Waals surface area contributed by atoms with Gasteiger partial charge in [0, 0.05) is 20.1 Å². The maximum Gasteiger partial charge on any atom is 0.0494 e. The zero-order valence-corrected chi connectivity index (χ0v) is 6.60. The maximum absolute atomic E-state index is 5.08. The standard InChI is InChI=1S/C9H15O/c1-3-4-5-6-7-8-9-10-2/h1,8H,4-7,9H2,2H3. The number of hydrogen-bond acceptors (Lipinski definition) is 1. The minimum atomic E-state index is 0.760. The van der Waals surface area contributed by atoms with E-state index in [0.717, 1.165) is 25.9 Å². The summed E-state index contributed by atoms with van der Waals surface area (Å²) in [5.74, 6) is 2.61. The zero-order chi connectivity index (χ0) is 7.66. The van der Waals surface area contributed by atoms with Crippen molar-refractivity contribution in [2.24, 2.45) is 0 Å². The van der Waals surface area contributed by atoms with Crippen molar-refractivity contribution in [3.05, 3.63) is 6.42 Å². The van der Waals surface area contributed by atoms with Gasteiger partial charge < -0.3 is 4.74 Å². The molecule has 0 amide bonds. The Balaban J connectivity index is 2.72. The fourth-order valence-electron chi connectivity index (χ4n) is 0.717. The van der Waals surface area contributed by atoms with E-state index in [-0.39, 0.29) is 0 Å². The number of hydrogen-bond donors (Lipinski definition) is 0. The van der Waals surface area contributed by atoms with Crippen molar-refractivity contribution in [2.75, 3.05) is 13.7 Å². The van der Waals surface area contributed by atoms with Gasteiger partial charge in [0.05, 0.1) is 0 Å². The van der Waals surface area contributed by atoms with Gasteiger partial charge in [0.1, 0.15) is 0 Å². The van der Waals surface area contributed by atoms with Crippen molar-refractivity contribution >= 4 is 0 Å². The third-order valence-electron chi connectivity index (χ3n) is 1.26. The smallest absolute Gasteiger partial charge is 0.0494 e. The molecule has 0 aromatic rings. The van der Waals surface area contributed by atoms with E-state index in [1.54, 1.807) is 7.11 Å². The van der Waals surface area contributed by atoms with Crippen molar-refractivity contribution in [3.8, 4) is 12.3 Å². The summed E-state index contributed by atoms with van der Waals surface area (Å²) in [5.41, 5.74) is 0. The Bertz CT molecular complexity index is 91.4. The highest BCUT2D eigenvalue weighted by molar-refractivity contribution is 4.83. The Morgan fingerprint density at radius 3 is 2.90 bits per heavy atom. The third-order valence-corrected chi connectivity index (χ3v) is 1.26. The van der Waals surface area contributed by atoms with Crippen LogP contribution in [0.2, 0.25) is 0 Å². The van der Waals surface area contributed by atoms with E-state index < -0.39 is 0 Å². The summed E-state index contributed by atoms with van der Waals surface area (Å²) in [7, 11) is 1.71. The molecule has 0 aliphatic rings. The molecule has 0 spiro atoms. The van der Waals surface area contributed by atoms with Crippen LogP contribution in [0.1, 0.15) is 25.7 Å². The predicted molar refractivity (Wildman–Crippen MR) is 43.5 cm³/mol. The SMILES string of the molecule is C#CCCCC[CH]COC. The molecule has 1 heteroatoms. The molecule has 0 aromatic carbocycles. The number of ether oxygens (including phenoxy) is 1. The van der Waals surface area contributed by atoms with Crippen molar-refractivity contribution in [1.82, 2.24) is 0 Å². The second kappa shape index (κ2) is 8.52. The van der Waals surface area contributed by atoms with Crippen molar-refractivity contribution in [1.29, 1.82) is 0 Å². The van der Waals surface area contributed by atoms with Crippen LogP contribution in [-0.4, -0.2) is 13.7 Å². The average Bonchev–Trinajstić information content (AvgIpc) is 1.97. The van der Waals surface area contributed by atoms with Gasteiger partial charge in [-0.2, -0.15) is 0 Å². The summed E-state index contributed by atoms with van der Waals surface area (Å²) in [6.07, 6.45) is 11.6. The molecule has 1 radical (unpaired) electrons. The van der Waals surface area contributed by atoms with Crippen LogP contribution in [0.5, 0.6) is 0 Å². The molecule has 0 unspecified atom stereocenters. The van der Waals surface area contributed by atoms with E-state index in [0.29, 0.717) is 0 Å². The first-order chi connectivity index (χ1) is 4.91. The molecule has 0 aliphatic heterocycles. The normalized spacial score (nSPS) is 9.20. The van der Waals surface area contributed by atoms with Gasteiger partial charge in [-0.1, -0.05) is 6.42 Å². The molecule has 0 aliphatic carbocycles. The van der Waals surface area contributed by atoms with Crippen LogP contribution in [0.3, 0.4) is 0 Å². The van der Waals surface area contributed by atoms with Crippen LogP contribution in [0.15, 0.2) is 0 Å². The maximum atomic E-state index is 5.08. The van der Waals surface area contributed by atoms with E-state index in [9.17, 15) is 0 Å². The van der Waals surface area contributed by atoms with Crippen molar-refractivity contribution in [2.45, 2.75) is 25.7 Å². The van der Waals surface area contributed by atoms with Crippen molar-refractivity contribution in [3.63, 3.8) is 0 Å². The molecule has 0 bridgehead atoms. The Morgan fingerprint density at radius 2 is 2.30 bits per heavy atom. The molecule has 1 nitrogen and oxygen atoms in total. The molecule has 10 heavy (non-hydrogen) atoms. The fourth-order valence-corrected chi connectivity index (χ4v) is 0.717. The molecule has 0 fully saturated rings. The van der Waals surface area contributed by atoms with E-state index >= 15 is 0 Å². The molecule has 0 saturated heterocycles. The molecule has 0 N–H and O–H groups in total. The minimum Gasteiger partial charge on any atom is -0.384 e. The monoisotopic (exact) mass is 139 g/mol. The van der Waals surface area contributed by atoms with Crippen LogP contribution in [-0.2, 0) is 4.74 Å². The first kappa shape index (κ1) is 9.52. The summed E-state index contributed by atoms with van der Waals surface area (Å²) in [5, 5.41) is 0. The lowest BCUT2D eigenvalue weighted by molar-refractivity contribution is 0.220. The molecule has 0 aromatic heterocycles. The predicted octanol–water partition coefficient (Wildman–Crippen LogP) is 2.03. The van der Waals surface area contributed by atoms with E-state index in [1.165, 1.54) is 6.42 Å². The van der Waals surface area contributed by atoms with Gasteiger partial charge in [0.25, 0.3) is 0 Å². The van der Waals surface area contributed by atoms with Crippen LogP contribution in [0, 0.1) is 18.8 Å². The van der Waals surface area contributed by atoms with Gasteiger partial charge in [-0.3, -0.25) is 0 Å². The van der Waals surface area contributed by atoms with E-state index in [4.69, 9.17) is 11.2 Å². The lowest BCUT2D eigenvalue weighted by atomic mass is 10.1. The summed E-state index contributed by atoms with van der Waals surface area (Å²) < 4.78 is 4.85. The lowest BCUT2D eigenvalue weighted by Gasteiger charge is -1.96. The van der Waals surface area contributed by atoms with Gasteiger partial charge in [0.15, 0.2) is 0 Å². The lowest BCUT2D eigenvalue weighted by Crippen LogP contribution is -1.88. The summed E-state index contributed by atoms with van der Waals surface area (Å²) >= 11 is 0. The first-order valence-corrected chi connectivity index (χ1v) is 3.66. The molecular weight excluding hydrogens is 124 g/mol. The number of methoxy groups -OCH3 is 1. The van der Waals surface area contributed by atoms with Gasteiger partial charge in [-0.05, 0) is 19.3 Å². The first-order valence-electron chi connectivity index (χ1n) is 3.66. The molecule has 57 valence electrons. The topological polar surface area (TPSA) is 9.23 Å². The second-order valence-electron chi connectivity index (χ2n) is 2.19. The van der Waals surface area contributed by atoms with Gasteiger partial charge >= 0.3 is 0 Å². The highest BCUT2D eigenvalue weighted by Crippen LogP contribution is 2.00. The largest absolute Gasteiger partial charge is 0.384 e. The Morgan fingerprint density at radius 1 is 1.50 bits per heavy atom. The molecule has 0 heterocycles. The average molecular weight is 139 g/mol. The van der Waals surface area contributed by atoms with Gasteiger partial charge in [-0.25, -0.2) is 0 Å². The zero-order valence-electron chi connectivity index (χ0n) is 6.60. The van der Waals surface area contributed by atoms with E-state index in [1.807, 2.05) is 0 Å². The second-order valence-corrected chi connectivity index (χ2v) is 2.19. The van der Waals surface area contributed by atoms with Gasteiger partial charge in [0.2, 0.25) is 0 Å². The Labute approximate surface area is 63.8 Å². The molecule has 0 rings (SSSR count). The highest BCUT2D eigenvalue weighted by atomic mass is 16.5. The van der Waals surface area contributed by atoms with E-state index in [2.05, 4.69) is 12.3 Å². The van der Waals surface area contributed by atoms with Crippen LogP contribution < -0.4 is 0 Å². The molecule has 0 saturated carbocycles. The molecule has 0 atom stereocenters. The summed E-state index contributed by atoms with van der Waals surface area (Å²) in [6, 6.07) is 0. The quantitative estimate of drug-likeness (QED) is 0.404.